The summed E-state index contributed by atoms with van der Waals surface area (Å²) < 4.78 is 74.2. The van der Waals surface area contributed by atoms with Crippen molar-refractivity contribution in [2.45, 2.75) is 11.1 Å². The summed E-state index contributed by atoms with van der Waals surface area (Å²) in [5, 5.41) is -0.0262. The number of hydrogen-bond acceptors (Lipinski definition) is 6. The molecule has 0 radical (unpaired) electrons. The van der Waals surface area contributed by atoms with Gasteiger partial charge in [-0.1, -0.05) is 18.2 Å². The summed E-state index contributed by atoms with van der Waals surface area (Å²) in [6.45, 7) is 0. The number of ether oxygens (including phenoxy) is 1. The van der Waals surface area contributed by atoms with E-state index in [0.717, 1.165) is 6.07 Å². The van der Waals surface area contributed by atoms with Crippen molar-refractivity contribution >= 4 is 27.3 Å². The molecule has 174 valence electrons. The number of nitrogens with one attached hydrogen (secondary N) is 1. The van der Waals surface area contributed by atoms with Gasteiger partial charge in [-0.25, -0.2) is 18.4 Å². The molecular weight excluding hydrogens is 493 g/mol. The number of alkyl halides is 3. The number of rotatable bonds is 6. The predicted octanol–water partition coefficient (Wildman–Crippen LogP) is 5.80. The van der Waals surface area contributed by atoms with Gasteiger partial charge in [0.15, 0.2) is 0 Å². The van der Waals surface area contributed by atoms with Crippen LogP contribution in [-0.2, 0) is 16.2 Å². The number of sulfonamides is 1. The van der Waals surface area contributed by atoms with Crippen molar-refractivity contribution in [3.05, 3.63) is 90.1 Å². The Balaban J connectivity index is 1.70. The fourth-order valence-corrected chi connectivity index (χ4v) is 4.24. The minimum absolute atomic E-state index is 0.0262. The summed E-state index contributed by atoms with van der Waals surface area (Å²) >= 11 is 5.83. The molecule has 7 nitrogen and oxygen atoms in total. The Morgan fingerprint density at radius 2 is 1.74 bits per heavy atom. The Kier molecular flexibility index (Phi) is 6.40. The molecule has 4 aromatic rings. The molecular formula is C22H14ClF3N4O3S. The van der Waals surface area contributed by atoms with Gasteiger partial charge in [0.2, 0.25) is 5.28 Å². The van der Waals surface area contributed by atoms with Crippen LogP contribution in [0, 0.1) is 0 Å². The lowest BCUT2D eigenvalue weighted by Gasteiger charge is -2.17. The first-order valence-corrected chi connectivity index (χ1v) is 11.4. The molecule has 0 fully saturated rings. The van der Waals surface area contributed by atoms with E-state index in [4.69, 9.17) is 16.3 Å². The van der Waals surface area contributed by atoms with Gasteiger partial charge in [0, 0.05) is 18.6 Å². The average Bonchev–Trinajstić information content (AvgIpc) is 2.80. The third kappa shape index (κ3) is 5.26. The molecule has 1 N–H and O–H groups in total. The summed E-state index contributed by atoms with van der Waals surface area (Å²) in [6.07, 6.45) is -0.637. The van der Waals surface area contributed by atoms with Gasteiger partial charge in [0.05, 0.1) is 27.4 Å². The normalized spacial score (nSPS) is 11.8. The minimum Gasteiger partial charge on any atom is -0.457 e. The van der Waals surface area contributed by atoms with Crippen molar-refractivity contribution in [3.8, 4) is 22.8 Å². The number of anilines is 1. The maximum absolute atomic E-state index is 13.8. The van der Waals surface area contributed by atoms with Crippen LogP contribution in [0.2, 0.25) is 5.28 Å². The number of hydrogen-bond donors (Lipinski definition) is 1. The highest BCUT2D eigenvalue weighted by molar-refractivity contribution is 7.92. The van der Waals surface area contributed by atoms with Gasteiger partial charge in [-0.05, 0) is 54.1 Å². The van der Waals surface area contributed by atoms with E-state index in [1.807, 2.05) is 4.72 Å². The van der Waals surface area contributed by atoms with Gasteiger partial charge in [0.1, 0.15) is 11.5 Å². The summed E-state index contributed by atoms with van der Waals surface area (Å²) in [4.78, 5) is 11.7. The van der Waals surface area contributed by atoms with Crippen LogP contribution < -0.4 is 9.46 Å². The zero-order valence-electron chi connectivity index (χ0n) is 17.0. The maximum atomic E-state index is 13.8. The topological polar surface area (TPSA) is 94.1 Å². The first-order valence-electron chi connectivity index (χ1n) is 9.53. The van der Waals surface area contributed by atoms with Crippen molar-refractivity contribution in [3.63, 3.8) is 0 Å². The maximum Gasteiger partial charge on any atom is 0.418 e. The highest BCUT2D eigenvalue weighted by atomic mass is 35.5. The molecule has 0 atom stereocenters. The van der Waals surface area contributed by atoms with E-state index in [-0.39, 0.29) is 21.7 Å². The van der Waals surface area contributed by atoms with Crippen molar-refractivity contribution < 1.29 is 26.3 Å². The Bertz CT molecular complexity index is 1440. The molecule has 0 spiro atoms. The zero-order valence-corrected chi connectivity index (χ0v) is 18.6. The monoisotopic (exact) mass is 506 g/mol. The van der Waals surface area contributed by atoms with Crippen molar-refractivity contribution in [1.29, 1.82) is 0 Å². The summed E-state index contributed by atoms with van der Waals surface area (Å²) in [6, 6.07) is 13.0. The molecule has 0 aliphatic heterocycles. The lowest BCUT2D eigenvalue weighted by Crippen LogP contribution is -2.17. The van der Waals surface area contributed by atoms with Gasteiger partial charge in [0.25, 0.3) is 10.0 Å². The molecule has 12 heteroatoms. The fraction of sp³-hybridized carbons (Fsp3) is 0.0455. The molecule has 2 aromatic carbocycles. The minimum atomic E-state index is -4.87. The fourth-order valence-electron chi connectivity index (χ4n) is 2.99. The van der Waals surface area contributed by atoms with E-state index in [2.05, 4.69) is 15.0 Å². The van der Waals surface area contributed by atoms with Gasteiger partial charge >= 0.3 is 6.18 Å². The molecule has 0 bridgehead atoms. The summed E-state index contributed by atoms with van der Waals surface area (Å²) in [5.74, 6) is -0.0157. The number of pyridine rings is 1. The second-order valence-electron chi connectivity index (χ2n) is 6.81. The second kappa shape index (κ2) is 9.27. The molecule has 34 heavy (non-hydrogen) atoms. The summed E-state index contributed by atoms with van der Waals surface area (Å²) in [7, 11) is -4.24. The van der Waals surface area contributed by atoms with E-state index in [9.17, 15) is 21.6 Å². The molecule has 0 saturated carbocycles. The van der Waals surface area contributed by atoms with Gasteiger partial charge in [-0.2, -0.15) is 13.2 Å². The third-order valence-electron chi connectivity index (χ3n) is 4.51. The van der Waals surface area contributed by atoms with E-state index in [0.29, 0.717) is 17.3 Å². The molecule has 0 aliphatic rings. The smallest absolute Gasteiger partial charge is 0.418 e. The number of halogens is 4. The largest absolute Gasteiger partial charge is 0.457 e. The van der Waals surface area contributed by atoms with Crippen LogP contribution in [0.4, 0.5) is 18.9 Å². The SMILES string of the molecule is O=S(=O)(Nc1ccc(Oc2ccncc2-c2ccnc(Cl)n2)cc1C(F)(F)F)c1ccccc1. The van der Waals surface area contributed by atoms with Crippen LogP contribution >= 0.6 is 11.6 Å². The number of benzene rings is 2. The van der Waals surface area contributed by atoms with Crippen LogP contribution in [0.5, 0.6) is 11.5 Å². The first-order chi connectivity index (χ1) is 16.1. The van der Waals surface area contributed by atoms with Crippen LogP contribution in [-0.4, -0.2) is 23.4 Å². The Morgan fingerprint density at radius 1 is 0.971 bits per heavy atom. The molecule has 4 rings (SSSR count). The van der Waals surface area contributed by atoms with Crippen molar-refractivity contribution in [2.24, 2.45) is 0 Å². The zero-order chi connectivity index (χ0) is 24.3. The van der Waals surface area contributed by atoms with Gasteiger partial charge in [-0.3, -0.25) is 9.71 Å². The Hall–Kier alpha value is -3.70. The van der Waals surface area contributed by atoms with Gasteiger partial charge < -0.3 is 4.74 Å². The lowest BCUT2D eigenvalue weighted by molar-refractivity contribution is -0.137. The molecule has 0 amide bonds. The highest BCUT2D eigenvalue weighted by Crippen LogP contribution is 2.40. The van der Waals surface area contributed by atoms with E-state index >= 15 is 0 Å². The van der Waals surface area contributed by atoms with Gasteiger partial charge in [-0.15, -0.1) is 0 Å². The lowest BCUT2D eigenvalue weighted by atomic mass is 10.1. The van der Waals surface area contributed by atoms with Crippen LogP contribution in [0.1, 0.15) is 5.56 Å². The van der Waals surface area contributed by atoms with Crippen molar-refractivity contribution in [1.82, 2.24) is 15.0 Å². The van der Waals surface area contributed by atoms with E-state index in [1.165, 1.54) is 55.0 Å². The summed E-state index contributed by atoms with van der Waals surface area (Å²) in [5.41, 5.74) is -1.13. The van der Waals surface area contributed by atoms with Crippen LogP contribution in [0.3, 0.4) is 0 Å². The molecule has 0 aliphatic carbocycles. The first kappa shape index (κ1) is 23.5. The molecule has 0 unspecified atom stereocenters. The number of aromatic nitrogens is 3. The standard InChI is InChI=1S/C22H14ClF3N4O3S/c23-21-28-11-8-18(29-21)16-13-27-10-9-20(16)33-14-6-7-19(17(12-14)22(24,25)26)30-34(31,32)15-4-2-1-3-5-15/h1-13,30H. The van der Waals surface area contributed by atoms with Crippen LogP contribution in [0.15, 0.2) is 84.1 Å². The van der Waals surface area contributed by atoms with Crippen LogP contribution in [0.25, 0.3) is 11.3 Å². The highest BCUT2D eigenvalue weighted by Gasteiger charge is 2.35. The quantitative estimate of drug-likeness (QED) is 0.332. The van der Waals surface area contributed by atoms with E-state index in [1.54, 1.807) is 12.1 Å². The molecule has 2 aromatic heterocycles. The third-order valence-corrected chi connectivity index (χ3v) is 6.07. The predicted molar refractivity (Wildman–Crippen MR) is 119 cm³/mol. The second-order valence-corrected chi connectivity index (χ2v) is 8.83. The number of nitrogens with zero attached hydrogens (tertiary/aromatic N) is 3. The molecule has 2 heterocycles. The molecule has 0 saturated heterocycles. The van der Waals surface area contributed by atoms with Crippen molar-refractivity contribution in [2.75, 3.05) is 4.72 Å². The average molecular weight is 507 g/mol. The van der Waals surface area contributed by atoms with E-state index < -0.39 is 27.5 Å². The Morgan fingerprint density at radius 3 is 2.44 bits per heavy atom. The Labute approximate surface area is 197 Å².